The molecule has 0 aliphatic carbocycles. The molecular weight excluding hydrogens is 288 g/mol. The first-order valence-corrected chi connectivity index (χ1v) is 6.99. The van der Waals surface area contributed by atoms with Gasteiger partial charge >= 0.3 is 0 Å². The molecule has 1 aromatic rings. The smallest absolute Gasteiger partial charge is 0.0701 e. The number of nitrogens with one attached hydrogen (secondary N) is 1. The van der Waals surface area contributed by atoms with E-state index in [1.807, 2.05) is 0 Å². The highest BCUT2D eigenvalue weighted by molar-refractivity contribution is 9.11. The van der Waals surface area contributed by atoms with E-state index >= 15 is 0 Å². The van der Waals surface area contributed by atoms with E-state index < -0.39 is 0 Å². The Labute approximate surface area is 109 Å². The summed E-state index contributed by atoms with van der Waals surface area (Å²) in [6.45, 7) is 2.08. The van der Waals surface area contributed by atoms with Gasteiger partial charge in [-0.15, -0.1) is 11.3 Å². The van der Waals surface area contributed by atoms with Gasteiger partial charge in [-0.05, 0) is 54.2 Å². The van der Waals surface area contributed by atoms with Crippen LogP contribution in [0.4, 0.5) is 0 Å². The number of nitrogens with two attached hydrogens (primary N) is 1. The predicted molar refractivity (Wildman–Crippen MR) is 72.5 cm³/mol. The van der Waals surface area contributed by atoms with Crippen molar-refractivity contribution in [1.29, 1.82) is 0 Å². The molecule has 3 nitrogen and oxygen atoms in total. The fourth-order valence-corrected chi connectivity index (χ4v) is 3.07. The van der Waals surface area contributed by atoms with E-state index in [-0.39, 0.29) is 0 Å². The van der Waals surface area contributed by atoms with Gasteiger partial charge in [-0.25, -0.2) is 0 Å². The van der Waals surface area contributed by atoms with Crippen LogP contribution in [0.5, 0.6) is 0 Å². The average molecular weight is 307 g/mol. The zero-order chi connectivity index (χ0) is 12.0. The molecule has 0 fully saturated rings. The van der Waals surface area contributed by atoms with Crippen LogP contribution in [0.2, 0.25) is 0 Å². The quantitative estimate of drug-likeness (QED) is 0.601. The summed E-state index contributed by atoms with van der Waals surface area (Å²) in [4.78, 5) is 1.35. The van der Waals surface area contributed by atoms with Crippen molar-refractivity contribution in [3.63, 3.8) is 0 Å². The minimum absolute atomic E-state index is 0.297. The molecular formula is C11H19BrN2OS. The number of halogens is 1. The number of rotatable bonds is 7. The zero-order valence-corrected chi connectivity index (χ0v) is 12.1. The third kappa shape index (κ3) is 4.93. The molecule has 0 spiro atoms. The summed E-state index contributed by atoms with van der Waals surface area (Å²) in [5.41, 5.74) is 2.88. The lowest BCUT2D eigenvalue weighted by atomic mass is 10.1. The Morgan fingerprint density at radius 3 is 2.75 bits per heavy atom. The SMILES string of the molecule is COC(C)CCC(Cc1ccc(Br)s1)NN. The molecule has 2 atom stereocenters. The van der Waals surface area contributed by atoms with E-state index in [0.717, 1.165) is 19.3 Å². The summed E-state index contributed by atoms with van der Waals surface area (Å²) in [5.74, 6) is 5.56. The van der Waals surface area contributed by atoms with E-state index in [9.17, 15) is 0 Å². The van der Waals surface area contributed by atoms with E-state index in [1.165, 1.54) is 8.66 Å². The van der Waals surface area contributed by atoms with Crippen molar-refractivity contribution in [2.24, 2.45) is 5.84 Å². The monoisotopic (exact) mass is 306 g/mol. The van der Waals surface area contributed by atoms with Crippen molar-refractivity contribution in [3.8, 4) is 0 Å². The Morgan fingerprint density at radius 1 is 1.50 bits per heavy atom. The van der Waals surface area contributed by atoms with Crippen LogP contribution in [0.25, 0.3) is 0 Å². The molecule has 1 aromatic heterocycles. The van der Waals surface area contributed by atoms with Gasteiger partial charge in [0.15, 0.2) is 0 Å². The number of hydrogen-bond donors (Lipinski definition) is 2. The van der Waals surface area contributed by atoms with Crippen LogP contribution in [0.15, 0.2) is 15.9 Å². The molecule has 0 aliphatic rings. The lowest BCUT2D eigenvalue weighted by molar-refractivity contribution is 0.106. The fraction of sp³-hybridized carbons (Fsp3) is 0.636. The lowest BCUT2D eigenvalue weighted by Gasteiger charge is -2.17. The maximum Gasteiger partial charge on any atom is 0.0701 e. The number of thiophene rings is 1. The zero-order valence-electron chi connectivity index (χ0n) is 9.70. The first-order valence-electron chi connectivity index (χ1n) is 5.38. The molecule has 5 heteroatoms. The minimum atomic E-state index is 0.297. The van der Waals surface area contributed by atoms with Gasteiger partial charge in [0, 0.05) is 18.0 Å². The first kappa shape index (κ1) is 14.1. The Hall–Kier alpha value is 0.0600. The molecule has 3 N–H and O–H groups in total. The van der Waals surface area contributed by atoms with Crippen LogP contribution >= 0.6 is 27.3 Å². The van der Waals surface area contributed by atoms with Crippen LogP contribution < -0.4 is 11.3 Å². The van der Waals surface area contributed by atoms with Crippen LogP contribution in [0.3, 0.4) is 0 Å². The van der Waals surface area contributed by atoms with Crippen LogP contribution in [0, 0.1) is 0 Å². The van der Waals surface area contributed by atoms with Gasteiger partial charge in [-0.1, -0.05) is 0 Å². The maximum atomic E-state index is 5.56. The minimum Gasteiger partial charge on any atom is -0.382 e. The largest absolute Gasteiger partial charge is 0.382 e. The van der Waals surface area contributed by atoms with Crippen molar-refractivity contribution in [2.75, 3.05) is 7.11 Å². The molecule has 1 rings (SSSR count). The fourth-order valence-electron chi connectivity index (χ4n) is 1.50. The second kappa shape index (κ2) is 7.40. The molecule has 0 saturated carbocycles. The highest BCUT2D eigenvalue weighted by Crippen LogP contribution is 2.23. The van der Waals surface area contributed by atoms with E-state index in [2.05, 4.69) is 40.4 Å². The van der Waals surface area contributed by atoms with Crippen molar-refractivity contribution in [2.45, 2.75) is 38.3 Å². The summed E-state index contributed by atoms with van der Waals surface area (Å²) >= 11 is 5.23. The van der Waals surface area contributed by atoms with E-state index in [1.54, 1.807) is 18.4 Å². The predicted octanol–water partition coefficient (Wildman–Crippen LogP) is 2.70. The summed E-state index contributed by atoms with van der Waals surface area (Å²) in [6.07, 6.45) is 3.33. The maximum absolute atomic E-state index is 5.56. The highest BCUT2D eigenvalue weighted by atomic mass is 79.9. The van der Waals surface area contributed by atoms with Gasteiger partial charge in [0.1, 0.15) is 0 Å². The third-order valence-electron chi connectivity index (χ3n) is 2.64. The number of methoxy groups -OCH3 is 1. The van der Waals surface area contributed by atoms with Crippen molar-refractivity contribution in [3.05, 3.63) is 20.8 Å². The van der Waals surface area contributed by atoms with Crippen LogP contribution in [-0.4, -0.2) is 19.3 Å². The third-order valence-corrected chi connectivity index (χ3v) is 4.28. The lowest BCUT2D eigenvalue weighted by Crippen LogP contribution is -2.37. The molecule has 16 heavy (non-hydrogen) atoms. The van der Waals surface area contributed by atoms with Crippen LogP contribution in [0.1, 0.15) is 24.6 Å². The normalized spacial score (nSPS) is 15.0. The second-order valence-corrected chi connectivity index (χ2v) is 6.44. The van der Waals surface area contributed by atoms with Crippen LogP contribution in [-0.2, 0) is 11.2 Å². The van der Waals surface area contributed by atoms with Gasteiger partial charge in [0.05, 0.1) is 9.89 Å². The summed E-state index contributed by atoms with van der Waals surface area (Å²) in [5, 5.41) is 0. The van der Waals surface area contributed by atoms with E-state index in [4.69, 9.17) is 10.6 Å². The topological polar surface area (TPSA) is 47.3 Å². The molecule has 92 valence electrons. The molecule has 0 aliphatic heterocycles. The van der Waals surface area contributed by atoms with Crippen molar-refractivity contribution in [1.82, 2.24) is 5.43 Å². The molecule has 0 amide bonds. The standard InChI is InChI=1S/C11H19BrN2OS/c1-8(15-2)3-4-9(14-13)7-10-5-6-11(12)16-10/h5-6,8-9,14H,3-4,7,13H2,1-2H3. The molecule has 1 heterocycles. The summed E-state index contributed by atoms with van der Waals surface area (Å²) in [6, 6.07) is 4.53. The number of hydrazine groups is 1. The van der Waals surface area contributed by atoms with Gasteiger partial charge in [0.2, 0.25) is 0 Å². The Kier molecular flexibility index (Phi) is 6.53. The molecule has 2 unspecified atom stereocenters. The summed E-state index contributed by atoms with van der Waals surface area (Å²) in [7, 11) is 1.74. The Bertz CT molecular complexity index is 306. The number of ether oxygens (including phenoxy) is 1. The van der Waals surface area contributed by atoms with Gasteiger partial charge in [-0.2, -0.15) is 0 Å². The Morgan fingerprint density at radius 2 is 2.25 bits per heavy atom. The average Bonchev–Trinajstić information content (AvgIpc) is 2.69. The van der Waals surface area contributed by atoms with Gasteiger partial charge < -0.3 is 4.74 Å². The first-order chi connectivity index (χ1) is 7.65. The second-order valence-electron chi connectivity index (χ2n) is 3.90. The molecule has 0 aromatic carbocycles. The van der Waals surface area contributed by atoms with Crippen molar-refractivity contribution >= 4 is 27.3 Å². The van der Waals surface area contributed by atoms with Gasteiger partial charge in [-0.3, -0.25) is 11.3 Å². The number of hydrogen-bond acceptors (Lipinski definition) is 4. The Balaban J connectivity index is 2.37. The van der Waals surface area contributed by atoms with Crippen molar-refractivity contribution < 1.29 is 4.74 Å². The summed E-state index contributed by atoms with van der Waals surface area (Å²) < 4.78 is 6.40. The van der Waals surface area contributed by atoms with Gasteiger partial charge in [0.25, 0.3) is 0 Å². The van der Waals surface area contributed by atoms with E-state index in [0.29, 0.717) is 12.1 Å². The molecule has 0 bridgehead atoms. The molecule has 0 radical (unpaired) electrons. The highest BCUT2D eigenvalue weighted by Gasteiger charge is 2.11. The molecule has 0 saturated heterocycles.